The van der Waals surface area contributed by atoms with Crippen LogP contribution in [-0.2, 0) is 23.3 Å². The number of fused-ring (bicyclic) bond motifs is 1. The van der Waals surface area contributed by atoms with Crippen LogP contribution in [-0.4, -0.2) is 45.7 Å². The van der Waals surface area contributed by atoms with Gasteiger partial charge in [0.2, 0.25) is 0 Å². The summed E-state index contributed by atoms with van der Waals surface area (Å²) in [5, 5.41) is 8.99. The third-order valence-corrected chi connectivity index (χ3v) is 8.27. The van der Waals surface area contributed by atoms with Crippen molar-refractivity contribution in [1.29, 1.82) is 0 Å². The van der Waals surface area contributed by atoms with Crippen molar-refractivity contribution in [2.45, 2.75) is 42.0 Å². The van der Waals surface area contributed by atoms with Gasteiger partial charge in [0.1, 0.15) is 5.82 Å². The second-order valence-corrected chi connectivity index (χ2v) is 10.4. The Bertz CT molecular complexity index is 952. The first-order valence-electron chi connectivity index (χ1n) is 8.83. The van der Waals surface area contributed by atoms with E-state index in [9.17, 15) is 13.2 Å². The van der Waals surface area contributed by atoms with Crippen molar-refractivity contribution in [3.05, 3.63) is 41.2 Å². The quantitative estimate of drug-likeness (QED) is 0.747. The summed E-state index contributed by atoms with van der Waals surface area (Å²) >= 11 is 1.45. The molecule has 4 rings (SSSR count). The Morgan fingerprint density at radius 1 is 1.19 bits per heavy atom. The molecule has 0 bridgehead atoms. The maximum absolute atomic E-state index is 12.9. The third-order valence-electron chi connectivity index (χ3n) is 5.20. The van der Waals surface area contributed by atoms with Crippen LogP contribution in [0.15, 0.2) is 29.4 Å². The fraction of sp³-hybridized carbons (Fsp3) is 0.500. The molecule has 2 unspecified atom stereocenters. The van der Waals surface area contributed by atoms with Crippen molar-refractivity contribution in [3.8, 4) is 0 Å². The van der Waals surface area contributed by atoms with Gasteiger partial charge in [-0.05, 0) is 31.2 Å². The Kier molecular flexibility index (Phi) is 4.64. The number of ketones is 1. The highest BCUT2D eigenvalue weighted by atomic mass is 32.2. The van der Waals surface area contributed by atoms with Gasteiger partial charge in [0.15, 0.2) is 20.8 Å². The van der Waals surface area contributed by atoms with E-state index in [1.54, 1.807) is 0 Å². The highest BCUT2D eigenvalue weighted by molar-refractivity contribution is 8.00. The molecule has 2 heterocycles. The minimum atomic E-state index is -2.97. The lowest BCUT2D eigenvalue weighted by Gasteiger charge is -2.13. The molecule has 2 atom stereocenters. The second kappa shape index (κ2) is 6.81. The van der Waals surface area contributed by atoms with E-state index in [1.165, 1.54) is 11.8 Å². The van der Waals surface area contributed by atoms with Crippen molar-refractivity contribution in [2.24, 2.45) is 7.05 Å². The molecule has 1 saturated heterocycles. The zero-order valence-electron chi connectivity index (χ0n) is 14.6. The van der Waals surface area contributed by atoms with Gasteiger partial charge in [-0.25, -0.2) is 8.42 Å². The predicted molar refractivity (Wildman–Crippen MR) is 100 cm³/mol. The van der Waals surface area contributed by atoms with E-state index in [0.29, 0.717) is 17.4 Å². The minimum Gasteiger partial charge on any atom is -0.309 e. The van der Waals surface area contributed by atoms with E-state index < -0.39 is 9.84 Å². The number of carbonyl (C=O) groups excluding carboxylic acids is 1. The van der Waals surface area contributed by atoms with Crippen LogP contribution < -0.4 is 0 Å². The van der Waals surface area contributed by atoms with E-state index >= 15 is 0 Å². The second-order valence-electron chi connectivity index (χ2n) is 7.02. The molecule has 0 radical (unpaired) electrons. The standard InChI is InChI=1S/C18H21N3O3S2/c1-21-17(13-9-10-26(23,24)11-13)19-20-18(21)25-15-8-4-6-12-5-2-3-7-14(12)16(15)22/h2-3,5,7,13,15H,4,6,8-11H2,1H3. The van der Waals surface area contributed by atoms with Gasteiger partial charge in [-0.1, -0.05) is 36.0 Å². The molecule has 1 aromatic carbocycles. The molecule has 1 aliphatic carbocycles. The van der Waals surface area contributed by atoms with E-state index in [2.05, 4.69) is 10.2 Å². The smallest absolute Gasteiger partial charge is 0.191 e. The van der Waals surface area contributed by atoms with E-state index in [1.807, 2.05) is 35.9 Å². The van der Waals surface area contributed by atoms with Gasteiger partial charge in [-0.3, -0.25) is 4.79 Å². The zero-order chi connectivity index (χ0) is 18.3. The summed E-state index contributed by atoms with van der Waals surface area (Å²) in [6.45, 7) is 0. The molecule has 2 aliphatic rings. The SMILES string of the molecule is Cn1c(SC2CCCc3ccccc3C2=O)nnc1C1CCS(=O)(=O)C1. The summed E-state index contributed by atoms with van der Waals surface area (Å²) in [6, 6.07) is 7.82. The topological polar surface area (TPSA) is 81.9 Å². The number of aromatic nitrogens is 3. The summed E-state index contributed by atoms with van der Waals surface area (Å²) in [5.41, 5.74) is 1.93. The summed E-state index contributed by atoms with van der Waals surface area (Å²) < 4.78 is 25.3. The normalized spacial score (nSPS) is 25.0. The van der Waals surface area contributed by atoms with Gasteiger partial charge in [0.05, 0.1) is 16.8 Å². The van der Waals surface area contributed by atoms with Crippen molar-refractivity contribution < 1.29 is 13.2 Å². The number of hydrogen-bond donors (Lipinski definition) is 0. The number of sulfone groups is 1. The van der Waals surface area contributed by atoms with Crippen molar-refractivity contribution in [2.75, 3.05) is 11.5 Å². The van der Waals surface area contributed by atoms with Crippen LogP contribution >= 0.6 is 11.8 Å². The molecular formula is C18H21N3O3S2. The van der Waals surface area contributed by atoms with Gasteiger partial charge in [0.25, 0.3) is 0 Å². The number of Topliss-reactive ketones (excluding diaryl/α,β-unsaturated/α-hetero) is 1. The number of nitrogens with zero attached hydrogens (tertiary/aromatic N) is 3. The Morgan fingerprint density at radius 2 is 2.00 bits per heavy atom. The molecule has 1 aromatic heterocycles. The highest BCUT2D eigenvalue weighted by Gasteiger charge is 2.33. The van der Waals surface area contributed by atoms with E-state index in [0.717, 1.165) is 30.4 Å². The Hall–Kier alpha value is -1.67. The van der Waals surface area contributed by atoms with Crippen LogP contribution in [0.4, 0.5) is 0 Å². The first-order chi connectivity index (χ1) is 12.4. The summed E-state index contributed by atoms with van der Waals surface area (Å²) in [6.07, 6.45) is 3.28. The largest absolute Gasteiger partial charge is 0.309 e. The lowest BCUT2D eigenvalue weighted by atomic mass is 10.0. The van der Waals surface area contributed by atoms with Gasteiger partial charge in [-0.15, -0.1) is 10.2 Å². The van der Waals surface area contributed by atoms with Crippen LogP contribution in [0.3, 0.4) is 0 Å². The maximum Gasteiger partial charge on any atom is 0.191 e. The number of hydrogen-bond acceptors (Lipinski definition) is 6. The molecule has 1 fully saturated rings. The summed E-state index contributed by atoms with van der Waals surface area (Å²) in [5.74, 6) is 1.10. The Labute approximate surface area is 157 Å². The number of thioether (sulfide) groups is 1. The van der Waals surface area contributed by atoms with Crippen LogP contribution in [0.2, 0.25) is 0 Å². The molecule has 0 amide bonds. The molecule has 0 spiro atoms. The summed E-state index contributed by atoms with van der Waals surface area (Å²) in [4.78, 5) is 12.9. The van der Waals surface area contributed by atoms with E-state index in [-0.39, 0.29) is 28.5 Å². The maximum atomic E-state index is 12.9. The van der Waals surface area contributed by atoms with Gasteiger partial charge < -0.3 is 4.57 Å². The van der Waals surface area contributed by atoms with E-state index in [4.69, 9.17) is 0 Å². The van der Waals surface area contributed by atoms with Gasteiger partial charge in [0, 0.05) is 18.5 Å². The highest BCUT2D eigenvalue weighted by Crippen LogP contribution is 2.34. The minimum absolute atomic E-state index is 0.0996. The molecule has 1 aliphatic heterocycles. The molecule has 8 heteroatoms. The molecule has 6 nitrogen and oxygen atoms in total. The fourth-order valence-electron chi connectivity index (χ4n) is 3.78. The average Bonchev–Trinajstić information content (AvgIpc) is 3.10. The zero-order valence-corrected chi connectivity index (χ0v) is 16.2. The van der Waals surface area contributed by atoms with Gasteiger partial charge in [-0.2, -0.15) is 0 Å². The summed E-state index contributed by atoms with van der Waals surface area (Å²) in [7, 11) is -1.11. The van der Waals surface area contributed by atoms with Crippen molar-refractivity contribution in [3.63, 3.8) is 0 Å². The third kappa shape index (κ3) is 3.32. The lowest BCUT2D eigenvalue weighted by Crippen LogP contribution is -2.17. The monoisotopic (exact) mass is 391 g/mol. The van der Waals surface area contributed by atoms with Gasteiger partial charge >= 0.3 is 0 Å². The molecule has 0 saturated carbocycles. The first kappa shape index (κ1) is 17.7. The number of rotatable bonds is 3. The van der Waals surface area contributed by atoms with Crippen LogP contribution in [0, 0.1) is 0 Å². The molecule has 26 heavy (non-hydrogen) atoms. The predicted octanol–water partition coefficient (Wildman–Crippen LogP) is 2.40. The lowest BCUT2D eigenvalue weighted by molar-refractivity contribution is 0.0988. The van der Waals surface area contributed by atoms with Crippen LogP contribution in [0.5, 0.6) is 0 Å². The van der Waals surface area contributed by atoms with Crippen LogP contribution in [0.1, 0.15) is 46.9 Å². The number of aryl methyl sites for hydroxylation is 1. The molecule has 0 N–H and O–H groups in total. The molecule has 138 valence electrons. The van der Waals surface area contributed by atoms with Crippen LogP contribution in [0.25, 0.3) is 0 Å². The number of benzene rings is 1. The van der Waals surface area contributed by atoms with Crippen molar-refractivity contribution >= 4 is 27.4 Å². The Balaban J connectivity index is 1.56. The molecule has 2 aromatic rings. The molecular weight excluding hydrogens is 370 g/mol. The average molecular weight is 392 g/mol. The number of carbonyl (C=O) groups is 1. The first-order valence-corrected chi connectivity index (χ1v) is 11.5. The Morgan fingerprint density at radius 3 is 2.77 bits per heavy atom. The van der Waals surface area contributed by atoms with Crippen molar-refractivity contribution in [1.82, 2.24) is 14.8 Å². The fourth-order valence-corrected chi connectivity index (χ4v) is 6.64.